The molecule has 0 saturated heterocycles. The van der Waals surface area contributed by atoms with Crippen LogP contribution in [-0.4, -0.2) is 43.4 Å². The van der Waals surface area contributed by atoms with Gasteiger partial charge in [0.15, 0.2) is 11.5 Å². The minimum absolute atomic E-state index is 0.0985. The van der Waals surface area contributed by atoms with Crippen molar-refractivity contribution in [3.05, 3.63) is 89.0 Å². The number of para-hydroxylation sites is 1. The number of benzene rings is 3. The summed E-state index contributed by atoms with van der Waals surface area (Å²) in [4.78, 5) is 38.5. The number of imide groups is 1. The SMILES string of the molecule is COc1cc(/C=C(/C#N)c2ccccc2OC)ccc1OC(=O)CCN1C(=O)c2ccccc2C1=O. The highest BCUT2D eigenvalue weighted by molar-refractivity contribution is 6.21. The molecule has 0 spiro atoms. The van der Waals surface area contributed by atoms with Crippen molar-refractivity contribution in [2.45, 2.75) is 6.42 Å². The highest BCUT2D eigenvalue weighted by atomic mass is 16.6. The largest absolute Gasteiger partial charge is 0.496 e. The second-order valence-corrected chi connectivity index (χ2v) is 7.81. The molecule has 0 aromatic heterocycles. The molecule has 8 nitrogen and oxygen atoms in total. The lowest BCUT2D eigenvalue weighted by molar-refractivity contribution is -0.134. The molecule has 0 aliphatic carbocycles. The molecule has 3 aromatic carbocycles. The number of carbonyl (C=O) groups is 3. The molecular weight excluding hydrogens is 460 g/mol. The van der Waals surface area contributed by atoms with Crippen LogP contribution in [0.2, 0.25) is 0 Å². The van der Waals surface area contributed by atoms with Gasteiger partial charge < -0.3 is 14.2 Å². The number of fused-ring (bicyclic) bond motifs is 1. The maximum atomic E-state index is 12.5. The Morgan fingerprint density at radius 3 is 2.17 bits per heavy atom. The molecular formula is C28H22N2O6. The predicted molar refractivity (Wildman–Crippen MR) is 132 cm³/mol. The van der Waals surface area contributed by atoms with Crippen molar-refractivity contribution in [2.75, 3.05) is 20.8 Å². The van der Waals surface area contributed by atoms with E-state index in [1.165, 1.54) is 14.2 Å². The number of methoxy groups -OCH3 is 2. The number of ether oxygens (including phenoxy) is 3. The number of nitrogens with zero attached hydrogens (tertiary/aromatic N) is 2. The summed E-state index contributed by atoms with van der Waals surface area (Å²) in [5, 5.41) is 9.68. The average molecular weight is 482 g/mol. The maximum Gasteiger partial charge on any atom is 0.313 e. The average Bonchev–Trinajstić information content (AvgIpc) is 3.15. The molecule has 0 atom stereocenters. The van der Waals surface area contributed by atoms with E-state index in [1.54, 1.807) is 60.7 Å². The van der Waals surface area contributed by atoms with Gasteiger partial charge in [-0.1, -0.05) is 30.3 Å². The Kier molecular flexibility index (Phi) is 7.12. The molecule has 3 aromatic rings. The van der Waals surface area contributed by atoms with Gasteiger partial charge in [0.1, 0.15) is 5.75 Å². The molecule has 0 fully saturated rings. The standard InChI is InChI=1S/C28H22N2O6/c1-34-23-10-6-5-7-20(23)19(17-29)15-18-11-12-24(25(16-18)35-2)36-26(31)13-14-30-27(32)21-8-3-4-9-22(21)28(30)33/h3-12,15-16H,13-14H2,1-2H3/b19-15-. The monoisotopic (exact) mass is 482 g/mol. The summed E-state index contributed by atoms with van der Waals surface area (Å²) < 4.78 is 16.2. The first kappa shape index (κ1) is 24.2. The molecule has 0 radical (unpaired) electrons. The number of allylic oxidation sites excluding steroid dienone is 1. The van der Waals surface area contributed by atoms with Crippen molar-refractivity contribution < 1.29 is 28.6 Å². The van der Waals surface area contributed by atoms with Crippen molar-refractivity contribution in [2.24, 2.45) is 0 Å². The fourth-order valence-electron chi connectivity index (χ4n) is 3.88. The molecule has 4 rings (SSSR count). The van der Waals surface area contributed by atoms with E-state index in [0.717, 1.165) is 4.90 Å². The van der Waals surface area contributed by atoms with Gasteiger partial charge in [-0.25, -0.2) is 0 Å². The number of nitriles is 1. The summed E-state index contributed by atoms with van der Waals surface area (Å²) in [6.45, 7) is -0.0985. The van der Waals surface area contributed by atoms with E-state index < -0.39 is 17.8 Å². The highest BCUT2D eigenvalue weighted by Crippen LogP contribution is 2.32. The van der Waals surface area contributed by atoms with Crippen LogP contribution in [0.25, 0.3) is 11.6 Å². The smallest absolute Gasteiger partial charge is 0.313 e. The normalized spacial score (nSPS) is 12.7. The summed E-state index contributed by atoms with van der Waals surface area (Å²) in [5.74, 6) is -0.449. The third-order valence-electron chi connectivity index (χ3n) is 5.66. The lowest BCUT2D eigenvalue weighted by atomic mass is 10.0. The zero-order valence-electron chi connectivity index (χ0n) is 19.7. The van der Waals surface area contributed by atoms with Crippen LogP contribution in [-0.2, 0) is 4.79 Å². The molecule has 0 bridgehead atoms. The van der Waals surface area contributed by atoms with Crippen LogP contribution in [0.1, 0.15) is 38.3 Å². The van der Waals surface area contributed by atoms with Gasteiger partial charge in [0, 0.05) is 12.1 Å². The van der Waals surface area contributed by atoms with Crippen LogP contribution in [0.4, 0.5) is 0 Å². The second kappa shape index (κ2) is 10.6. The van der Waals surface area contributed by atoms with Gasteiger partial charge in [0.05, 0.1) is 43.4 Å². The molecule has 36 heavy (non-hydrogen) atoms. The Morgan fingerprint density at radius 2 is 1.53 bits per heavy atom. The molecule has 0 unspecified atom stereocenters. The van der Waals surface area contributed by atoms with Crippen LogP contribution in [0.5, 0.6) is 17.2 Å². The van der Waals surface area contributed by atoms with E-state index in [9.17, 15) is 19.6 Å². The quantitative estimate of drug-likeness (QED) is 0.154. The molecule has 2 amide bonds. The Hall–Kier alpha value is -4.90. The number of hydrogen-bond acceptors (Lipinski definition) is 7. The first-order valence-electron chi connectivity index (χ1n) is 11.1. The first-order valence-corrected chi connectivity index (χ1v) is 11.1. The van der Waals surface area contributed by atoms with Gasteiger partial charge in [-0.3, -0.25) is 19.3 Å². The summed E-state index contributed by atoms with van der Waals surface area (Å²) >= 11 is 0. The van der Waals surface area contributed by atoms with Crippen LogP contribution < -0.4 is 14.2 Å². The molecule has 1 aliphatic rings. The fraction of sp³-hybridized carbons (Fsp3) is 0.143. The lowest BCUT2D eigenvalue weighted by Crippen LogP contribution is -2.32. The number of hydrogen-bond donors (Lipinski definition) is 0. The summed E-state index contributed by atoms with van der Waals surface area (Å²) in [6.07, 6.45) is 1.50. The van der Waals surface area contributed by atoms with Gasteiger partial charge in [-0.05, 0) is 48.0 Å². The molecule has 1 heterocycles. The Bertz CT molecular complexity index is 1380. The van der Waals surface area contributed by atoms with E-state index >= 15 is 0 Å². The maximum absolute atomic E-state index is 12.5. The third-order valence-corrected chi connectivity index (χ3v) is 5.66. The third kappa shape index (κ3) is 4.81. The van der Waals surface area contributed by atoms with Crippen LogP contribution in [0.3, 0.4) is 0 Å². The molecule has 0 saturated carbocycles. The van der Waals surface area contributed by atoms with Crippen molar-refractivity contribution in [1.29, 1.82) is 5.26 Å². The summed E-state index contributed by atoms with van der Waals surface area (Å²) in [7, 11) is 2.97. The summed E-state index contributed by atoms with van der Waals surface area (Å²) in [6, 6.07) is 20.8. The Morgan fingerprint density at radius 1 is 0.889 bits per heavy atom. The Balaban J connectivity index is 1.46. The first-order chi connectivity index (χ1) is 17.5. The van der Waals surface area contributed by atoms with Crippen molar-refractivity contribution >= 4 is 29.4 Å². The topological polar surface area (TPSA) is 106 Å². The molecule has 1 aliphatic heterocycles. The fourth-order valence-corrected chi connectivity index (χ4v) is 3.88. The lowest BCUT2D eigenvalue weighted by Gasteiger charge is -2.14. The summed E-state index contributed by atoms with van der Waals surface area (Å²) in [5.41, 5.74) is 2.34. The zero-order chi connectivity index (χ0) is 25.7. The van der Waals surface area contributed by atoms with Crippen molar-refractivity contribution in [1.82, 2.24) is 4.90 Å². The van der Waals surface area contributed by atoms with Crippen LogP contribution in [0, 0.1) is 11.3 Å². The van der Waals surface area contributed by atoms with E-state index in [1.807, 2.05) is 12.1 Å². The number of carbonyl (C=O) groups excluding carboxylic acids is 3. The minimum Gasteiger partial charge on any atom is -0.496 e. The highest BCUT2D eigenvalue weighted by Gasteiger charge is 2.35. The second-order valence-electron chi connectivity index (χ2n) is 7.81. The van der Waals surface area contributed by atoms with Gasteiger partial charge >= 0.3 is 5.97 Å². The number of esters is 1. The van der Waals surface area contributed by atoms with Crippen LogP contribution >= 0.6 is 0 Å². The predicted octanol–water partition coefficient (Wildman–Crippen LogP) is 4.36. The van der Waals surface area contributed by atoms with E-state index in [4.69, 9.17) is 14.2 Å². The van der Waals surface area contributed by atoms with Gasteiger partial charge in [-0.15, -0.1) is 0 Å². The molecule has 180 valence electrons. The molecule has 8 heteroatoms. The number of amides is 2. The van der Waals surface area contributed by atoms with E-state index in [-0.39, 0.29) is 24.5 Å². The molecule has 0 N–H and O–H groups in total. The zero-order valence-corrected chi connectivity index (χ0v) is 19.7. The number of rotatable bonds is 8. The minimum atomic E-state index is -0.625. The Labute approximate surface area is 207 Å². The van der Waals surface area contributed by atoms with Gasteiger partial charge in [0.2, 0.25) is 0 Å². The van der Waals surface area contributed by atoms with Crippen molar-refractivity contribution in [3.63, 3.8) is 0 Å². The van der Waals surface area contributed by atoms with E-state index in [0.29, 0.717) is 33.6 Å². The van der Waals surface area contributed by atoms with Crippen molar-refractivity contribution in [3.8, 4) is 23.3 Å². The van der Waals surface area contributed by atoms with Gasteiger partial charge in [-0.2, -0.15) is 5.26 Å². The van der Waals surface area contributed by atoms with Gasteiger partial charge in [0.25, 0.3) is 11.8 Å². The van der Waals surface area contributed by atoms with Crippen LogP contribution in [0.15, 0.2) is 66.7 Å². The van der Waals surface area contributed by atoms with E-state index in [2.05, 4.69) is 6.07 Å².